The number of nitrogens with one attached hydrogen (secondary N) is 2. The van der Waals surface area contributed by atoms with Crippen LogP contribution in [0.4, 0.5) is 0 Å². The van der Waals surface area contributed by atoms with Crippen molar-refractivity contribution in [3.05, 3.63) is 0 Å². The van der Waals surface area contributed by atoms with Crippen LogP contribution in [0.5, 0.6) is 0 Å². The second-order valence-corrected chi connectivity index (χ2v) is 10.3. The molecule has 2 fully saturated rings. The van der Waals surface area contributed by atoms with Gasteiger partial charge in [-0.3, -0.25) is 0 Å². The van der Waals surface area contributed by atoms with Gasteiger partial charge >= 0.3 is 33.3 Å². The summed E-state index contributed by atoms with van der Waals surface area (Å²) in [6, 6.07) is 1.38. The summed E-state index contributed by atoms with van der Waals surface area (Å²) in [5.41, 5.74) is 0. The zero-order valence-electron chi connectivity index (χ0n) is 18.2. The normalized spacial score (nSPS) is 29.6. The molecule has 4 nitrogen and oxygen atoms in total. The molecular weight excluding hydrogens is 434 g/mol. The molecule has 2 rings (SSSR count). The van der Waals surface area contributed by atoms with Crippen LogP contribution in [0.15, 0.2) is 0 Å². The Morgan fingerprint density at radius 2 is 1.36 bits per heavy atom. The average molecular weight is 478 g/mol. The maximum atomic E-state index is 4.80. The number of halogens is 2. The Balaban J connectivity index is 0.00000122. The molecule has 28 heavy (non-hydrogen) atoms. The summed E-state index contributed by atoms with van der Waals surface area (Å²) in [5, 5.41) is 7.59. The third kappa shape index (κ3) is 14.0. The quantitative estimate of drug-likeness (QED) is 0.418. The van der Waals surface area contributed by atoms with Crippen LogP contribution in [0.2, 0.25) is 0 Å². The molecule has 169 valence electrons. The molecule has 7 heteroatoms. The summed E-state index contributed by atoms with van der Waals surface area (Å²) in [6.45, 7) is 14.4. The molecule has 0 radical (unpaired) electrons. The Morgan fingerprint density at radius 3 is 2.04 bits per heavy atom. The van der Waals surface area contributed by atoms with E-state index in [0.29, 0.717) is 6.04 Å². The third-order valence-corrected chi connectivity index (χ3v) is 6.09. The van der Waals surface area contributed by atoms with Gasteiger partial charge < -0.3 is 20.4 Å². The van der Waals surface area contributed by atoms with Gasteiger partial charge in [-0.15, -0.1) is 0 Å². The van der Waals surface area contributed by atoms with Gasteiger partial charge in [0.2, 0.25) is 0 Å². The molecule has 2 aliphatic heterocycles. The van der Waals surface area contributed by atoms with Gasteiger partial charge in [0.25, 0.3) is 0 Å². The first-order valence-corrected chi connectivity index (χ1v) is 14.7. The van der Waals surface area contributed by atoms with E-state index in [0.717, 1.165) is 12.6 Å². The molecule has 0 aromatic carbocycles. The predicted octanol–water partition coefficient (Wildman–Crippen LogP) is 4.46. The van der Waals surface area contributed by atoms with Crippen LogP contribution in [-0.4, -0.2) is 74.2 Å². The van der Waals surface area contributed by atoms with E-state index in [1.54, 1.807) is 0 Å². The van der Waals surface area contributed by atoms with Crippen molar-refractivity contribution in [3.8, 4) is 0 Å². The van der Waals surface area contributed by atoms with Crippen LogP contribution in [0.25, 0.3) is 0 Å². The van der Waals surface area contributed by atoms with Crippen molar-refractivity contribution in [2.45, 2.75) is 83.7 Å². The number of hydrogen-bond acceptors (Lipinski definition) is 4. The van der Waals surface area contributed by atoms with Gasteiger partial charge in [-0.2, -0.15) is 0 Å². The summed E-state index contributed by atoms with van der Waals surface area (Å²) >= 11 is 0.00694. The summed E-state index contributed by atoms with van der Waals surface area (Å²) < 4.78 is 0. The van der Waals surface area contributed by atoms with Gasteiger partial charge in [0.05, 0.1) is 0 Å². The summed E-state index contributed by atoms with van der Waals surface area (Å²) in [5.74, 6) is 0. The Bertz CT molecular complexity index is 352. The molecular formula is C21H44Cl2MnN4. The Labute approximate surface area is 189 Å². The van der Waals surface area contributed by atoms with Crippen LogP contribution in [0.1, 0.15) is 71.6 Å². The first-order valence-electron chi connectivity index (χ1n) is 11.5. The fourth-order valence-corrected chi connectivity index (χ4v) is 4.19. The van der Waals surface area contributed by atoms with Gasteiger partial charge in [0.15, 0.2) is 0 Å². The minimum absolute atomic E-state index is 0.00694. The minimum atomic E-state index is 0.00694. The fraction of sp³-hybridized carbons (Fsp3) is 1.00. The van der Waals surface area contributed by atoms with E-state index in [1.807, 2.05) is 0 Å². The third-order valence-electron chi connectivity index (χ3n) is 6.09. The van der Waals surface area contributed by atoms with Crippen LogP contribution in [0.3, 0.4) is 0 Å². The van der Waals surface area contributed by atoms with E-state index in [2.05, 4.69) is 34.3 Å². The molecule has 2 N–H and O–H groups in total. The van der Waals surface area contributed by atoms with Crippen LogP contribution in [0, 0.1) is 0 Å². The number of rotatable bonds is 7. The van der Waals surface area contributed by atoms with Crippen LogP contribution in [-0.2, 0) is 13.1 Å². The average Bonchev–Trinajstić information content (AvgIpc) is 2.69. The molecule has 0 aliphatic carbocycles. The van der Waals surface area contributed by atoms with Crippen molar-refractivity contribution in [1.29, 1.82) is 0 Å². The molecule has 0 spiro atoms. The van der Waals surface area contributed by atoms with Crippen molar-refractivity contribution >= 4 is 20.2 Å². The number of unbranched alkanes of at least 4 members (excludes halogenated alkanes) is 5. The topological polar surface area (TPSA) is 30.5 Å². The molecule has 0 saturated carbocycles. The predicted molar refractivity (Wildman–Crippen MR) is 121 cm³/mol. The van der Waals surface area contributed by atoms with E-state index < -0.39 is 0 Å². The van der Waals surface area contributed by atoms with Crippen molar-refractivity contribution in [2.75, 3.05) is 52.4 Å². The molecule has 4 atom stereocenters. The number of fused-ring (bicyclic) bond motifs is 3. The molecule has 0 aromatic heterocycles. The van der Waals surface area contributed by atoms with E-state index >= 15 is 0 Å². The second kappa shape index (κ2) is 18.7. The first-order chi connectivity index (χ1) is 13.7. The molecule has 0 amide bonds. The molecule has 2 heterocycles. The SMILES string of the molecule is CCCCCCCCC1CCN2CCNC(C)CCN(CCN1)CC2.[Cl][Mn][Cl]. The van der Waals surface area contributed by atoms with Gasteiger partial charge in [-0.05, 0) is 39.3 Å². The van der Waals surface area contributed by atoms with Gasteiger partial charge in [-0.1, -0.05) is 45.4 Å². The number of nitrogens with zero attached hydrogens (tertiary/aromatic N) is 2. The van der Waals surface area contributed by atoms with E-state index in [4.69, 9.17) is 20.2 Å². The monoisotopic (exact) mass is 477 g/mol. The van der Waals surface area contributed by atoms with Gasteiger partial charge in [-0.25, -0.2) is 0 Å². The fourth-order valence-electron chi connectivity index (χ4n) is 4.19. The molecule has 2 aliphatic rings. The Hall–Kier alpha value is 0.939. The van der Waals surface area contributed by atoms with Crippen molar-refractivity contribution in [1.82, 2.24) is 20.4 Å². The second-order valence-electron chi connectivity index (χ2n) is 8.38. The van der Waals surface area contributed by atoms with Crippen molar-refractivity contribution in [2.24, 2.45) is 0 Å². The molecule has 0 aromatic rings. The molecule has 2 saturated heterocycles. The first kappa shape index (κ1) is 27.0. The standard InChI is InChI=1S/C21H44N4.2ClH.Mn/c1-3-4-5-6-7-8-9-21-11-15-25-16-12-22-20(2)10-14-24(18-19-25)17-13-23-21;;;/h20-23H,3-19H2,1-2H3;2*1H;/q;;;+2/p-2. The Kier molecular flexibility index (Phi) is 18.0. The van der Waals surface area contributed by atoms with E-state index in [1.165, 1.54) is 104 Å². The zero-order valence-corrected chi connectivity index (χ0v) is 20.9. The zero-order chi connectivity index (χ0) is 20.5. The summed E-state index contributed by atoms with van der Waals surface area (Å²) in [4.78, 5) is 5.37. The molecule has 4 unspecified atom stereocenters. The number of hydrogen-bond donors (Lipinski definition) is 2. The summed E-state index contributed by atoms with van der Waals surface area (Å²) in [6.07, 6.45) is 12.4. The molecule has 2 bridgehead atoms. The van der Waals surface area contributed by atoms with Crippen LogP contribution >= 0.6 is 20.2 Å². The van der Waals surface area contributed by atoms with Crippen molar-refractivity contribution < 1.29 is 13.1 Å². The van der Waals surface area contributed by atoms with E-state index in [9.17, 15) is 0 Å². The summed E-state index contributed by atoms with van der Waals surface area (Å²) in [7, 11) is 9.59. The maximum absolute atomic E-state index is 4.80. The Morgan fingerprint density at radius 1 is 0.786 bits per heavy atom. The van der Waals surface area contributed by atoms with Crippen LogP contribution < -0.4 is 10.6 Å². The van der Waals surface area contributed by atoms with Gasteiger partial charge in [0.1, 0.15) is 0 Å². The van der Waals surface area contributed by atoms with Gasteiger partial charge in [0, 0.05) is 51.4 Å². The van der Waals surface area contributed by atoms with Crippen molar-refractivity contribution in [3.63, 3.8) is 0 Å². The van der Waals surface area contributed by atoms with E-state index in [-0.39, 0.29) is 13.1 Å².